The average Bonchev–Trinajstić information content (AvgIpc) is 2.34. The van der Waals surface area contributed by atoms with Gasteiger partial charge in [-0.2, -0.15) is 13.2 Å². The molecule has 0 unspecified atom stereocenters. The number of rotatable bonds is 5. The van der Waals surface area contributed by atoms with Crippen molar-refractivity contribution in [2.75, 3.05) is 6.61 Å². The lowest BCUT2D eigenvalue weighted by Gasteiger charge is -2.26. The van der Waals surface area contributed by atoms with E-state index in [0.717, 1.165) is 5.56 Å². The summed E-state index contributed by atoms with van der Waals surface area (Å²) >= 11 is 0. The predicted molar refractivity (Wildman–Crippen MR) is 69.4 cm³/mol. The molecule has 1 amide bonds. The normalized spacial score (nSPS) is 12.1. The largest absolute Gasteiger partial charge is 0.440 e. The lowest BCUT2D eigenvalue weighted by atomic mass is 9.95. The summed E-state index contributed by atoms with van der Waals surface area (Å²) in [6.07, 6.45) is -4.25. The molecule has 1 aromatic carbocycles. The van der Waals surface area contributed by atoms with Crippen molar-refractivity contribution in [3.63, 3.8) is 0 Å². The number of ether oxygens (including phenoxy) is 1. The molecule has 0 saturated heterocycles. The first-order valence-corrected chi connectivity index (χ1v) is 6.24. The Morgan fingerprint density at radius 2 is 1.80 bits per heavy atom. The van der Waals surface area contributed by atoms with Crippen molar-refractivity contribution in [1.82, 2.24) is 5.32 Å². The molecule has 0 fully saturated rings. The SMILES string of the molecule is CC(C)(CCc1ccccc1)NC(=O)OCC(F)(F)F. The van der Waals surface area contributed by atoms with Gasteiger partial charge >= 0.3 is 12.3 Å². The molecule has 0 bridgehead atoms. The molecule has 0 aliphatic carbocycles. The summed E-state index contributed by atoms with van der Waals surface area (Å²) in [7, 11) is 0. The maximum absolute atomic E-state index is 11.9. The fourth-order valence-corrected chi connectivity index (χ4v) is 1.62. The van der Waals surface area contributed by atoms with E-state index in [1.165, 1.54) is 0 Å². The number of hydrogen-bond acceptors (Lipinski definition) is 2. The molecule has 6 heteroatoms. The number of halogens is 3. The average molecular weight is 289 g/mol. The van der Waals surface area contributed by atoms with Gasteiger partial charge in [0.1, 0.15) is 0 Å². The number of carbonyl (C=O) groups excluding carboxylic acids is 1. The van der Waals surface area contributed by atoms with Gasteiger partial charge in [-0.25, -0.2) is 4.79 Å². The van der Waals surface area contributed by atoms with E-state index in [1.807, 2.05) is 30.3 Å². The lowest BCUT2D eigenvalue weighted by molar-refractivity contribution is -0.160. The smallest absolute Gasteiger partial charge is 0.422 e. The highest BCUT2D eigenvalue weighted by molar-refractivity contribution is 5.68. The minimum atomic E-state index is -4.51. The third-order valence-corrected chi connectivity index (χ3v) is 2.69. The molecule has 0 radical (unpaired) electrons. The summed E-state index contributed by atoms with van der Waals surface area (Å²) in [5.74, 6) is 0. The summed E-state index contributed by atoms with van der Waals surface area (Å²) < 4.78 is 39.9. The number of hydrogen-bond donors (Lipinski definition) is 1. The van der Waals surface area contributed by atoms with Crippen LogP contribution in [0.1, 0.15) is 25.8 Å². The van der Waals surface area contributed by atoms with Crippen molar-refractivity contribution in [2.24, 2.45) is 0 Å². The highest BCUT2D eigenvalue weighted by Gasteiger charge is 2.30. The van der Waals surface area contributed by atoms with Gasteiger partial charge in [-0.05, 0) is 32.3 Å². The Hall–Kier alpha value is -1.72. The number of alkyl carbamates (subject to hydrolysis) is 1. The number of carbonyl (C=O) groups is 1. The van der Waals surface area contributed by atoms with Gasteiger partial charge in [0, 0.05) is 5.54 Å². The van der Waals surface area contributed by atoms with Crippen LogP contribution in [0, 0.1) is 0 Å². The standard InChI is InChI=1S/C14H18F3NO2/c1-13(2,9-8-11-6-4-3-5-7-11)18-12(19)20-10-14(15,16)17/h3-7H,8-10H2,1-2H3,(H,18,19). The summed E-state index contributed by atoms with van der Waals surface area (Å²) in [5.41, 5.74) is 0.462. The Kier molecular flexibility index (Phi) is 5.42. The van der Waals surface area contributed by atoms with Crippen LogP contribution >= 0.6 is 0 Å². The van der Waals surface area contributed by atoms with Gasteiger partial charge in [0.05, 0.1) is 0 Å². The molecule has 1 rings (SSSR count). The first-order chi connectivity index (χ1) is 9.18. The number of amides is 1. The van der Waals surface area contributed by atoms with E-state index in [-0.39, 0.29) is 0 Å². The molecular weight excluding hydrogens is 271 g/mol. The second-order valence-corrected chi connectivity index (χ2v) is 5.19. The maximum atomic E-state index is 11.9. The predicted octanol–water partition coefficient (Wildman–Crippen LogP) is 3.69. The van der Waals surface area contributed by atoms with E-state index >= 15 is 0 Å². The Bertz CT molecular complexity index is 430. The fraction of sp³-hybridized carbons (Fsp3) is 0.500. The van der Waals surface area contributed by atoms with Crippen LogP contribution in [-0.4, -0.2) is 24.4 Å². The van der Waals surface area contributed by atoms with E-state index in [9.17, 15) is 18.0 Å². The molecule has 20 heavy (non-hydrogen) atoms. The van der Waals surface area contributed by atoms with Crippen LogP contribution in [0.15, 0.2) is 30.3 Å². The van der Waals surface area contributed by atoms with E-state index < -0.39 is 24.4 Å². The molecule has 1 N–H and O–H groups in total. The van der Waals surface area contributed by atoms with Gasteiger partial charge in [-0.15, -0.1) is 0 Å². The van der Waals surface area contributed by atoms with Crippen LogP contribution in [0.5, 0.6) is 0 Å². The molecule has 0 aliphatic rings. The van der Waals surface area contributed by atoms with Gasteiger partial charge in [0.2, 0.25) is 0 Å². The van der Waals surface area contributed by atoms with Crippen molar-refractivity contribution in [1.29, 1.82) is 0 Å². The fourth-order valence-electron chi connectivity index (χ4n) is 1.62. The van der Waals surface area contributed by atoms with Crippen LogP contribution in [0.25, 0.3) is 0 Å². The Morgan fingerprint density at radius 3 is 2.35 bits per heavy atom. The first kappa shape index (κ1) is 16.3. The minimum Gasteiger partial charge on any atom is -0.440 e. The summed E-state index contributed by atoms with van der Waals surface area (Å²) in [4.78, 5) is 11.3. The van der Waals surface area contributed by atoms with E-state index in [4.69, 9.17) is 0 Å². The third-order valence-electron chi connectivity index (χ3n) is 2.69. The van der Waals surface area contributed by atoms with Crippen LogP contribution in [0.3, 0.4) is 0 Å². The summed E-state index contributed by atoms with van der Waals surface area (Å²) in [6.45, 7) is 1.91. The molecule has 112 valence electrons. The van der Waals surface area contributed by atoms with Crippen molar-refractivity contribution in [2.45, 2.75) is 38.4 Å². The Morgan fingerprint density at radius 1 is 1.20 bits per heavy atom. The van der Waals surface area contributed by atoms with Crippen molar-refractivity contribution < 1.29 is 22.7 Å². The topological polar surface area (TPSA) is 38.3 Å². The highest BCUT2D eigenvalue weighted by Crippen LogP contribution is 2.16. The Balaban J connectivity index is 2.39. The number of aryl methyl sites for hydroxylation is 1. The highest BCUT2D eigenvalue weighted by atomic mass is 19.4. The van der Waals surface area contributed by atoms with Gasteiger partial charge in [-0.1, -0.05) is 30.3 Å². The van der Waals surface area contributed by atoms with E-state index in [0.29, 0.717) is 12.8 Å². The molecule has 0 aliphatic heterocycles. The third kappa shape index (κ3) is 7.01. The summed E-state index contributed by atoms with van der Waals surface area (Å²) in [6, 6.07) is 9.64. The zero-order chi connectivity index (χ0) is 15.2. The van der Waals surface area contributed by atoms with Crippen LogP contribution in [0.4, 0.5) is 18.0 Å². The quantitative estimate of drug-likeness (QED) is 0.898. The summed E-state index contributed by atoms with van der Waals surface area (Å²) in [5, 5.41) is 2.44. The van der Waals surface area contributed by atoms with Gasteiger partial charge in [0.25, 0.3) is 0 Å². The van der Waals surface area contributed by atoms with Crippen LogP contribution in [0.2, 0.25) is 0 Å². The van der Waals surface area contributed by atoms with Gasteiger partial charge in [-0.3, -0.25) is 0 Å². The van der Waals surface area contributed by atoms with E-state index in [2.05, 4.69) is 10.1 Å². The zero-order valence-corrected chi connectivity index (χ0v) is 11.5. The molecule has 1 aromatic rings. The monoisotopic (exact) mass is 289 g/mol. The maximum Gasteiger partial charge on any atom is 0.422 e. The number of alkyl halides is 3. The van der Waals surface area contributed by atoms with E-state index in [1.54, 1.807) is 13.8 Å². The second-order valence-electron chi connectivity index (χ2n) is 5.19. The first-order valence-electron chi connectivity index (χ1n) is 6.24. The number of nitrogens with one attached hydrogen (secondary N) is 1. The Labute approximate surface area is 116 Å². The molecule has 0 aromatic heterocycles. The molecule has 0 atom stereocenters. The minimum absolute atomic E-state index is 0.595. The lowest BCUT2D eigenvalue weighted by Crippen LogP contribution is -2.44. The van der Waals surface area contributed by atoms with Gasteiger partial charge in [0.15, 0.2) is 6.61 Å². The van der Waals surface area contributed by atoms with Crippen LogP contribution in [-0.2, 0) is 11.2 Å². The molecule has 0 heterocycles. The number of benzene rings is 1. The van der Waals surface area contributed by atoms with Crippen molar-refractivity contribution >= 4 is 6.09 Å². The second kappa shape index (κ2) is 6.63. The molecule has 0 spiro atoms. The van der Waals surface area contributed by atoms with Crippen molar-refractivity contribution in [3.8, 4) is 0 Å². The molecule has 0 saturated carbocycles. The molecular formula is C14H18F3NO2. The van der Waals surface area contributed by atoms with Gasteiger partial charge < -0.3 is 10.1 Å². The molecule has 3 nitrogen and oxygen atoms in total. The zero-order valence-electron chi connectivity index (χ0n) is 11.5. The van der Waals surface area contributed by atoms with Crippen LogP contribution < -0.4 is 5.32 Å². The van der Waals surface area contributed by atoms with Crippen molar-refractivity contribution in [3.05, 3.63) is 35.9 Å².